The Morgan fingerprint density at radius 3 is 2.33 bits per heavy atom. The van der Waals surface area contributed by atoms with E-state index < -0.39 is 0 Å². The Labute approximate surface area is 75.7 Å². The zero-order valence-corrected chi connectivity index (χ0v) is 8.76. The lowest BCUT2D eigenvalue weighted by Gasteiger charge is -2.19. The highest BCUT2D eigenvalue weighted by atomic mass is 16.3. The van der Waals surface area contributed by atoms with Crippen molar-refractivity contribution in [1.29, 1.82) is 0 Å². The molecule has 0 N–H and O–H groups in total. The van der Waals surface area contributed by atoms with Crippen molar-refractivity contribution in [3.63, 3.8) is 0 Å². The van der Waals surface area contributed by atoms with Crippen LogP contribution in [0.15, 0.2) is 5.18 Å². The first-order valence-electron chi connectivity index (χ1n) is 4.88. The third-order valence-corrected chi connectivity index (χ3v) is 2.48. The Hall–Kier alpha value is -0.400. The van der Waals surface area contributed by atoms with Gasteiger partial charge in [0.1, 0.15) is 0 Å². The highest BCUT2D eigenvalue weighted by Crippen LogP contribution is 2.23. The van der Waals surface area contributed by atoms with Crippen molar-refractivity contribution in [2.45, 2.75) is 58.9 Å². The molecule has 0 aliphatic carbocycles. The third-order valence-electron chi connectivity index (χ3n) is 2.48. The molecule has 0 amide bonds. The van der Waals surface area contributed by atoms with Crippen molar-refractivity contribution < 1.29 is 0 Å². The molecule has 0 fully saturated rings. The molecule has 0 aromatic rings. The van der Waals surface area contributed by atoms with Crippen LogP contribution in [0.2, 0.25) is 0 Å². The average molecular weight is 171 g/mol. The van der Waals surface area contributed by atoms with Gasteiger partial charge in [0.25, 0.3) is 0 Å². The van der Waals surface area contributed by atoms with E-state index in [1.165, 1.54) is 6.42 Å². The van der Waals surface area contributed by atoms with E-state index in [2.05, 4.69) is 19.0 Å². The molecule has 0 aromatic carbocycles. The molecule has 0 radical (unpaired) electrons. The van der Waals surface area contributed by atoms with Crippen LogP contribution in [0.25, 0.3) is 0 Å². The van der Waals surface area contributed by atoms with Gasteiger partial charge in [0, 0.05) is 0 Å². The first-order valence-corrected chi connectivity index (χ1v) is 4.88. The SMILES string of the molecule is CCC(C)(CCCC(C)C)N=O. The van der Waals surface area contributed by atoms with Gasteiger partial charge in [-0.15, -0.1) is 0 Å². The van der Waals surface area contributed by atoms with Gasteiger partial charge in [0.05, 0.1) is 5.54 Å². The van der Waals surface area contributed by atoms with Gasteiger partial charge in [-0.25, -0.2) is 0 Å². The summed E-state index contributed by atoms with van der Waals surface area (Å²) in [7, 11) is 0. The minimum Gasteiger partial charge on any atom is -0.150 e. The second kappa shape index (κ2) is 5.28. The summed E-state index contributed by atoms with van der Waals surface area (Å²) in [4.78, 5) is 10.5. The Morgan fingerprint density at radius 2 is 2.00 bits per heavy atom. The van der Waals surface area contributed by atoms with Crippen LogP contribution in [0.3, 0.4) is 0 Å². The molecule has 1 unspecified atom stereocenters. The maximum Gasteiger partial charge on any atom is 0.0996 e. The lowest BCUT2D eigenvalue weighted by Crippen LogP contribution is -2.19. The van der Waals surface area contributed by atoms with E-state index in [9.17, 15) is 4.91 Å². The molecule has 0 aromatic heterocycles. The summed E-state index contributed by atoms with van der Waals surface area (Å²) in [6.45, 7) is 8.38. The van der Waals surface area contributed by atoms with Gasteiger partial charge in [0.15, 0.2) is 0 Å². The molecule has 0 aliphatic heterocycles. The van der Waals surface area contributed by atoms with Gasteiger partial charge >= 0.3 is 0 Å². The van der Waals surface area contributed by atoms with Gasteiger partial charge in [-0.05, 0) is 25.7 Å². The van der Waals surface area contributed by atoms with Gasteiger partial charge in [-0.2, -0.15) is 4.91 Å². The van der Waals surface area contributed by atoms with Crippen molar-refractivity contribution in [2.75, 3.05) is 0 Å². The van der Waals surface area contributed by atoms with E-state index in [0.29, 0.717) is 0 Å². The molecule has 2 heteroatoms. The molecule has 0 rings (SSSR count). The molecule has 1 atom stereocenters. The zero-order chi connectivity index (χ0) is 9.61. The van der Waals surface area contributed by atoms with Crippen molar-refractivity contribution in [3.05, 3.63) is 4.91 Å². The predicted molar refractivity (Wildman–Crippen MR) is 53.2 cm³/mol. The molecule has 2 nitrogen and oxygen atoms in total. The highest BCUT2D eigenvalue weighted by Gasteiger charge is 2.21. The number of hydrogen-bond acceptors (Lipinski definition) is 2. The summed E-state index contributed by atoms with van der Waals surface area (Å²) in [6, 6.07) is 0. The van der Waals surface area contributed by atoms with Crippen LogP contribution in [-0.2, 0) is 0 Å². The second-order valence-electron chi connectivity index (χ2n) is 4.23. The van der Waals surface area contributed by atoms with Crippen molar-refractivity contribution in [2.24, 2.45) is 11.1 Å². The van der Waals surface area contributed by atoms with E-state index in [-0.39, 0.29) is 5.54 Å². The van der Waals surface area contributed by atoms with Crippen LogP contribution in [0.4, 0.5) is 0 Å². The van der Waals surface area contributed by atoms with Crippen LogP contribution in [0.5, 0.6) is 0 Å². The van der Waals surface area contributed by atoms with E-state index in [1.807, 2.05) is 13.8 Å². The molecular weight excluding hydrogens is 150 g/mol. The fourth-order valence-corrected chi connectivity index (χ4v) is 1.18. The Bertz CT molecular complexity index is 134. The van der Waals surface area contributed by atoms with E-state index in [1.54, 1.807) is 0 Å². The Kier molecular flexibility index (Phi) is 5.11. The number of hydrogen-bond donors (Lipinski definition) is 0. The monoisotopic (exact) mass is 171 g/mol. The molecule has 0 saturated heterocycles. The first kappa shape index (κ1) is 11.6. The van der Waals surface area contributed by atoms with Gasteiger partial charge in [-0.3, -0.25) is 0 Å². The maximum atomic E-state index is 10.5. The smallest absolute Gasteiger partial charge is 0.0996 e. The lowest BCUT2D eigenvalue weighted by atomic mass is 9.91. The third kappa shape index (κ3) is 4.47. The summed E-state index contributed by atoms with van der Waals surface area (Å²) < 4.78 is 0. The van der Waals surface area contributed by atoms with Gasteiger partial charge in [-0.1, -0.05) is 38.8 Å². The largest absolute Gasteiger partial charge is 0.150 e. The molecule has 0 bridgehead atoms. The fourth-order valence-electron chi connectivity index (χ4n) is 1.18. The van der Waals surface area contributed by atoms with Crippen molar-refractivity contribution >= 4 is 0 Å². The number of rotatable bonds is 6. The van der Waals surface area contributed by atoms with Gasteiger partial charge in [0.2, 0.25) is 0 Å². The molecule has 0 heterocycles. The molecular formula is C10H21NO. The van der Waals surface area contributed by atoms with E-state index in [0.717, 1.165) is 25.2 Å². The molecule has 0 aliphatic rings. The summed E-state index contributed by atoms with van der Waals surface area (Å²) in [5, 5.41) is 3.19. The van der Waals surface area contributed by atoms with Crippen LogP contribution >= 0.6 is 0 Å². The fraction of sp³-hybridized carbons (Fsp3) is 1.00. The van der Waals surface area contributed by atoms with Crippen LogP contribution in [0.1, 0.15) is 53.4 Å². The molecule has 0 spiro atoms. The minimum atomic E-state index is -0.311. The summed E-state index contributed by atoms with van der Waals surface area (Å²) in [6.07, 6.45) is 4.11. The van der Waals surface area contributed by atoms with Crippen LogP contribution < -0.4 is 0 Å². The molecule has 72 valence electrons. The summed E-state index contributed by atoms with van der Waals surface area (Å²) in [5.41, 5.74) is -0.311. The normalized spacial score (nSPS) is 16.1. The topological polar surface area (TPSA) is 29.4 Å². The maximum absolute atomic E-state index is 10.5. The first-order chi connectivity index (χ1) is 5.54. The van der Waals surface area contributed by atoms with Crippen LogP contribution in [-0.4, -0.2) is 5.54 Å². The van der Waals surface area contributed by atoms with E-state index in [4.69, 9.17) is 0 Å². The summed E-state index contributed by atoms with van der Waals surface area (Å²) >= 11 is 0. The Morgan fingerprint density at radius 1 is 1.42 bits per heavy atom. The number of nitrogens with zero attached hydrogens (tertiary/aromatic N) is 1. The quantitative estimate of drug-likeness (QED) is 0.560. The molecule has 12 heavy (non-hydrogen) atoms. The second-order valence-corrected chi connectivity index (χ2v) is 4.23. The summed E-state index contributed by atoms with van der Waals surface area (Å²) in [5.74, 6) is 0.734. The highest BCUT2D eigenvalue weighted by molar-refractivity contribution is 4.80. The predicted octanol–water partition coefficient (Wildman–Crippen LogP) is 3.75. The van der Waals surface area contributed by atoms with Crippen LogP contribution in [0, 0.1) is 10.8 Å². The van der Waals surface area contributed by atoms with Crippen molar-refractivity contribution in [3.8, 4) is 0 Å². The number of nitroso groups, excluding NO2 is 1. The zero-order valence-electron chi connectivity index (χ0n) is 8.76. The van der Waals surface area contributed by atoms with Crippen molar-refractivity contribution in [1.82, 2.24) is 0 Å². The van der Waals surface area contributed by atoms with E-state index >= 15 is 0 Å². The van der Waals surface area contributed by atoms with Gasteiger partial charge < -0.3 is 0 Å². The Balaban J connectivity index is 3.66. The average Bonchev–Trinajstić information content (AvgIpc) is 2.03. The minimum absolute atomic E-state index is 0.311. The standard InChI is InChI=1S/C10H21NO/c1-5-10(4,11-12)8-6-7-9(2)3/h9H,5-8H2,1-4H3. The molecule has 0 saturated carbocycles. The lowest BCUT2D eigenvalue weighted by molar-refractivity contribution is 0.383.